The van der Waals surface area contributed by atoms with E-state index in [2.05, 4.69) is 28.8 Å². The number of nitrogens with two attached hydrogens (primary N) is 1. The maximum atomic E-state index is 6.00. The summed E-state index contributed by atoms with van der Waals surface area (Å²) < 4.78 is 5.85. The maximum absolute atomic E-state index is 6.00. The Hall–Kier alpha value is -3.21. The largest absolute Gasteiger partial charge is 0.434 e. The summed E-state index contributed by atoms with van der Waals surface area (Å²) >= 11 is 0. The summed E-state index contributed by atoms with van der Waals surface area (Å²) in [5.41, 5.74) is 8.80. The van der Waals surface area contributed by atoms with Gasteiger partial charge in [-0.2, -0.15) is 0 Å². The molecule has 0 saturated heterocycles. The van der Waals surface area contributed by atoms with Crippen LogP contribution < -0.4 is 5.73 Å². The third-order valence-corrected chi connectivity index (χ3v) is 3.80. The molecule has 0 aliphatic carbocycles. The van der Waals surface area contributed by atoms with Crippen LogP contribution in [0.25, 0.3) is 22.9 Å². The topological polar surface area (TPSA) is 77.3 Å². The first-order valence-electron chi connectivity index (χ1n) is 8.65. The molecular weight excluding hydrogens is 324 g/mol. The predicted octanol–water partition coefficient (Wildman–Crippen LogP) is 5.14. The number of allylic oxidation sites excluding steroid dienone is 1. The van der Waals surface area contributed by atoms with Crippen molar-refractivity contribution >= 4 is 11.7 Å². The molecule has 0 atom stereocenters. The molecular formula is C21H22N4O. The summed E-state index contributed by atoms with van der Waals surface area (Å²) in [5.74, 6) is 2.15. The fraction of sp³-hybridized carbons (Fsp3) is 0.190. The van der Waals surface area contributed by atoms with Crippen molar-refractivity contribution in [2.24, 2.45) is 10.7 Å². The lowest BCUT2D eigenvalue weighted by Crippen LogP contribution is -2.08. The SMILES string of the molecule is CCC/C(C)=C\C(N)=Nc1cccc(-c2cnc(-c3ccccc3)o2)n1. The Balaban J connectivity index is 1.84. The van der Waals surface area contributed by atoms with Gasteiger partial charge in [-0.15, -0.1) is 0 Å². The zero-order valence-electron chi connectivity index (χ0n) is 15.0. The molecule has 0 amide bonds. The van der Waals surface area contributed by atoms with Gasteiger partial charge in [0.25, 0.3) is 0 Å². The first-order chi connectivity index (χ1) is 12.7. The van der Waals surface area contributed by atoms with Gasteiger partial charge in [0.15, 0.2) is 11.6 Å². The van der Waals surface area contributed by atoms with Crippen molar-refractivity contribution in [3.63, 3.8) is 0 Å². The van der Waals surface area contributed by atoms with E-state index in [1.807, 2.05) is 54.6 Å². The molecule has 0 radical (unpaired) electrons. The molecule has 0 bridgehead atoms. The smallest absolute Gasteiger partial charge is 0.226 e. The van der Waals surface area contributed by atoms with Crippen LogP contribution in [0.2, 0.25) is 0 Å². The summed E-state index contributed by atoms with van der Waals surface area (Å²) in [4.78, 5) is 13.2. The third kappa shape index (κ3) is 4.45. The molecule has 0 fully saturated rings. The number of nitrogens with zero attached hydrogens (tertiary/aromatic N) is 3. The average Bonchev–Trinajstić information content (AvgIpc) is 3.13. The molecule has 5 nitrogen and oxygen atoms in total. The number of amidine groups is 1. The van der Waals surface area contributed by atoms with Gasteiger partial charge in [-0.05, 0) is 43.7 Å². The van der Waals surface area contributed by atoms with Crippen molar-refractivity contribution in [2.45, 2.75) is 26.7 Å². The Morgan fingerprint density at radius 2 is 1.96 bits per heavy atom. The minimum atomic E-state index is 0.447. The highest BCUT2D eigenvalue weighted by atomic mass is 16.4. The number of aliphatic imine (C=N–C) groups is 1. The van der Waals surface area contributed by atoms with E-state index in [9.17, 15) is 0 Å². The quantitative estimate of drug-likeness (QED) is 0.495. The van der Waals surface area contributed by atoms with Crippen molar-refractivity contribution in [3.05, 3.63) is 66.4 Å². The molecule has 132 valence electrons. The van der Waals surface area contributed by atoms with Crippen molar-refractivity contribution < 1.29 is 4.42 Å². The number of pyridine rings is 1. The van der Waals surface area contributed by atoms with Crippen LogP contribution in [0.4, 0.5) is 5.82 Å². The minimum absolute atomic E-state index is 0.447. The Morgan fingerprint density at radius 3 is 2.73 bits per heavy atom. The van der Waals surface area contributed by atoms with E-state index in [0.29, 0.717) is 29.0 Å². The number of hydrogen-bond acceptors (Lipinski definition) is 4. The van der Waals surface area contributed by atoms with E-state index >= 15 is 0 Å². The summed E-state index contributed by atoms with van der Waals surface area (Å²) in [7, 11) is 0. The monoisotopic (exact) mass is 346 g/mol. The lowest BCUT2D eigenvalue weighted by molar-refractivity contribution is 0.586. The van der Waals surface area contributed by atoms with E-state index < -0.39 is 0 Å². The Kier molecular flexibility index (Phi) is 5.59. The van der Waals surface area contributed by atoms with E-state index in [1.54, 1.807) is 6.20 Å². The molecule has 0 aliphatic heterocycles. The van der Waals surface area contributed by atoms with Crippen LogP contribution in [0.3, 0.4) is 0 Å². The molecule has 1 aromatic carbocycles. The molecule has 2 heterocycles. The van der Waals surface area contributed by atoms with Crippen LogP contribution in [0.5, 0.6) is 0 Å². The van der Waals surface area contributed by atoms with Crippen LogP contribution in [0.1, 0.15) is 26.7 Å². The molecule has 3 rings (SSSR count). The summed E-state index contributed by atoms with van der Waals surface area (Å²) in [5, 5.41) is 0. The van der Waals surface area contributed by atoms with Gasteiger partial charge in [0.2, 0.25) is 5.89 Å². The second-order valence-electron chi connectivity index (χ2n) is 6.05. The van der Waals surface area contributed by atoms with Crippen LogP contribution in [-0.2, 0) is 0 Å². The lowest BCUT2D eigenvalue weighted by atomic mass is 10.1. The normalized spacial score (nSPS) is 12.4. The zero-order chi connectivity index (χ0) is 18.4. The molecule has 0 saturated carbocycles. The second-order valence-corrected chi connectivity index (χ2v) is 6.05. The maximum Gasteiger partial charge on any atom is 0.226 e. The van der Waals surface area contributed by atoms with Gasteiger partial charge in [-0.1, -0.05) is 43.2 Å². The highest BCUT2D eigenvalue weighted by molar-refractivity contribution is 5.93. The van der Waals surface area contributed by atoms with Gasteiger partial charge in [-0.3, -0.25) is 0 Å². The van der Waals surface area contributed by atoms with E-state index in [4.69, 9.17) is 10.2 Å². The number of oxazole rings is 1. The summed E-state index contributed by atoms with van der Waals surface area (Å²) in [6.07, 6.45) is 5.65. The molecule has 3 aromatic rings. The predicted molar refractivity (Wildman–Crippen MR) is 105 cm³/mol. The van der Waals surface area contributed by atoms with Crippen molar-refractivity contribution in [2.75, 3.05) is 0 Å². The highest BCUT2D eigenvalue weighted by Crippen LogP contribution is 2.25. The van der Waals surface area contributed by atoms with Gasteiger partial charge in [0.1, 0.15) is 11.5 Å². The molecule has 0 spiro atoms. The molecule has 2 N–H and O–H groups in total. The second kappa shape index (κ2) is 8.25. The fourth-order valence-electron chi connectivity index (χ4n) is 2.61. The van der Waals surface area contributed by atoms with Crippen LogP contribution >= 0.6 is 0 Å². The van der Waals surface area contributed by atoms with Crippen LogP contribution in [0.15, 0.2) is 75.8 Å². The molecule has 5 heteroatoms. The average molecular weight is 346 g/mol. The summed E-state index contributed by atoms with van der Waals surface area (Å²) in [6.45, 7) is 4.19. The third-order valence-electron chi connectivity index (χ3n) is 3.80. The Bertz CT molecular complexity index is 926. The van der Waals surface area contributed by atoms with E-state index in [-0.39, 0.29) is 0 Å². The molecule has 0 aliphatic rings. The highest BCUT2D eigenvalue weighted by Gasteiger charge is 2.09. The van der Waals surface area contributed by atoms with Gasteiger partial charge < -0.3 is 10.2 Å². The van der Waals surface area contributed by atoms with Gasteiger partial charge in [0.05, 0.1) is 6.20 Å². The first-order valence-corrected chi connectivity index (χ1v) is 8.65. The molecule has 26 heavy (non-hydrogen) atoms. The van der Waals surface area contributed by atoms with Gasteiger partial charge in [0, 0.05) is 5.56 Å². The Labute approximate surface area is 153 Å². The van der Waals surface area contributed by atoms with Gasteiger partial charge in [-0.25, -0.2) is 15.0 Å². The standard InChI is InChI=1S/C21H22N4O/c1-3-8-15(2)13-19(22)25-20-12-7-11-17(24-20)18-14-23-21(26-18)16-9-5-4-6-10-16/h4-7,9-14H,3,8H2,1-2H3,(H2,22,24,25)/b15-13-. The van der Waals surface area contributed by atoms with Gasteiger partial charge >= 0.3 is 0 Å². The number of aromatic nitrogens is 2. The van der Waals surface area contributed by atoms with E-state index in [1.165, 1.54) is 5.57 Å². The van der Waals surface area contributed by atoms with Crippen molar-refractivity contribution in [1.29, 1.82) is 0 Å². The van der Waals surface area contributed by atoms with Crippen LogP contribution in [-0.4, -0.2) is 15.8 Å². The number of rotatable bonds is 6. The van der Waals surface area contributed by atoms with E-state index in [0.717, 1.165) is 18.4 Å². The molecule has 0 unspecified atom stereocenters. The number of hydrogen-bond donors (Lipinski definition) is 1. The lowest BCUT2D eigenvalue weighted by Gasteiger charge is -2.00. The number of benzene rings is 1. The van der Waals surface area contributed by atoms with Crippen LogP contribution in [0, 0.1) is 0 Å². The Morgan fingerprint density at radius 1 is 1.15 bits per heavy atom. The minimum Gasteiger partial charge on any atom is -0.434 e. The summed E-state index contributed by atoms with van der Waals surface area (Å²) in [6, 6.07) is 15.3. The van der Waals surface area contributed by atoms with Crippen molar-refractivity contribution in [3.8, 4) is 22.9 Å². The first kappa shape index (κ1) is 17.6. The van der Waals surface area contributed by atoms with Crippen molar-refractivity contribution in [1.82, 2.24) is 9.97 Å². The molecule has 2 aromatic heterocycles. The fourth-order valence-corrected chi connectivity index (χ4v) is 2.61. The zero-order valence-corrected chi connectivity index (χ0v) is 15.0.